The molecule has 172 valence electrons. The van der Waals surface area contributed by atoms with Gasteiger partial charge in [-0.3, -0.25) is 18.9 Å². The van der Waals surface area contributed by atoms with E-state index in [2.05, 4.69) is 10.3 Å². The van der Waals surface area contributed by atoms with Crippen LogP contribution in [0.25, 0.3) is 0 Å². The number of anilines is 1. The summed E-state index contributed by atoms with van der Waals surface area (Å²) in [5.41, 5.74) is 7.26. The highest BCUT2D eigenvalue weighted by Gasteiger charge is 2.57. The zero-order valence-corrected chi connectivity index (χ0v) is 19.9. The number of fused-ring (bicyclic) bond motifs is 3. The molecular formula is C22H27ClN4O4S. The zero-order valence-electron chi connectivity index (χ0n) is 18.3. The Bertz CT molecular complexity index is 1140. The lowest BCUT2D eigenvalue weighted by Crippen LogP contribution is -2.56. The molecule has 1 amide bonds. The van der Waals surface area contributed by atoms with E-state index < -0.39 is 26.1 Å². The van der Waals surface area contributed by atoms with E-state index in [1.807, 2.05) is 6.92 Å². The highest BCUT2D eigenvalue weighted by atomic mass is 35.5. The fraction of sp³-hybridized carbons (Fsp3) is 0.409. The van der Waals surface area contributed by atoms with Crippen LogP contribution >= 0.6 is 22.2 Å². The van der Waals surface area contributed by atoms with Gasteiger partial charge in [0, 0.05) is 23.9 Å². The Labute approximate surface area is 193 Å². The number of hydrogen-bond acceptors (Lipinski definition) is 7. The van der Waals surface area contributed by atoms with Crippen LogP contribution in [0.2, 0.25) is 5.02 Å². The summed E-state index contributed by atoms with van der Waals surface area (Å²) < 4.78 is 27.3. The summed E-state index contributed by atoms with van der Waals surface area (Å²) in [5, 5.41) is 2.71. The Morgan fingerprint density at radius 1 is 1.31 bits per heavy atom. The van der Waals surface area contributed by atoms with E-state index in [0.29, 0.717) is 40.6 Å². The first-order valence-corrected chi connectivity index (χ1v) is 12.2. The molecule has 2 aliphatic rings. The lowest BCUT2D eigenvalue weighted by atomic mass is 9.86. The van der Waals surface area contributed by atoms with Crippen molar-refractivity contribution in [3.63, 3.8) is 0 Å². The molecule has 0 unspecified atom stereocenters. The lowest BCUT2D eigenvalue weighted by molar-refractivity contribution is 0.102. The third-order valence-electron chi connectivity index (χ3n) is 6.42. The van der Waals surface area contributed by atoms with Crippen molar-refractivity contribution in [2.45, 2.75) is 49.7 Å². The first kappa shape index (κ1) is 22.8. The number of aromatic nitrogens is 1. The minimum absolute atomic E-state index is 0.180. The number of rotatable bonds is 2. The SMILES string of the molecule is Cc1cc(Cl)cnc1C(=O)Nc1ccc2c(c1)[C@@]1(C)N=C(N)C(C)(C)S(O)(O)[C@@H]1CCO2. The van der Waals surface area contributed by atoms with E-state index in [-0.39, 0.29) is 17.4 Å². The maximum Gasteiger partial charge on any atom is 0.274 e. The van der Waals surface area contributed by atoms with Gasteiger partial charge in [0.1, 0.15) is 27.6 Å². The normalized spacial score (nSPS) is 26.5. The predicted octanol–water partition coefficient (Wildman–Crippen LogP) is 4.56. The van der Waals surface area contributed by atoms with Crippen molar-refractivity contribution in [1.82, 2.24) is 4.98 Å². The molecule has 0 spiro atoms. The quantitative estimate of drug-likeness (QED) is 0.500. The Morgan fingerprint density at radius 2 is 2.03 bits per heavy atom. The topological polar surface area (TPSA) is 130 Å². The predicted molar refractivity (Wildman–Crippen MR) is 128 cm³/mol. The molecule has 0 bridgehead atoms. The average Bonchev–Trinajstić information content (AvgIpc) is 2.84. The number of hydrogen-bond donors (Lipinski definition) is 4. The number of nitrogens with two attached hydrogens (primary N) is 1. The van der Waals surface area contributed by atoms with Crippen molar-refractivity contribution in [3.8, 4) is 5.75 Å². The summed E-state index contributed by atoms with van der Waals surface area (Å²) >= 11 is 5.94. The van der Waals surface area contributed by atoms with Gasteiger partial charge < -0.3 is 15.8 Å². The number of carbonyl (C=O) groups is 1. The molecule has 2 aliphatic heterocycles. The molecule has 4 rings (SSSR count). The smallest absolute Gasteiger partial charge is 0.274 e. The van der Waals surface area contributed by atoms with Gasteiger partial charge in [-0.1, -0.05) is 11.6 Å². The number of benzene rings is 1. The van der Waals surface area contributed by atoms with Gasteiger partial charge >= 0.3 is 0 Å². The minimum Gasteiger partial charge on any atom is -0.493 e. The van der Waals surface area contributed by atoms with Gasteiger partial charge in [0.05, 0.1) is 16.9 Å². The summed E-state index contributed by atoms with van der Waals surface area (Å²) in [6.45, 7) is 7.31. The van der Waals surface area contributed by atoms with Crippen LogP contribution in [0.5, 0.6) is 5.75 Å². The van der Waals surface area contributed by atoms with Gasteiger partial charge in [-0.15, -0.1) is 0 Å². The van der Waals surface area contributed by atoms with Gasteiger partial charge in [0.2, 0.25) is 0 Å². The number of nitrogens with zero attached hydrogens (tertiary/aromatic N) is 2. The van der Waals surface area contributed by atoms with Crippen molar-refractivity contribution in [2.75, 3.05) is 11.9 Å². The summed E-state index contributed by atoms with van der Waals surface area (Å²) in [5.74, 6) is 0.368. The molecule has 5 N–H and O–H groups in total. The molecule has 2 atom stereocenters. The molecule has 10 heteroatoms. The Balaban J connectivity index is 1.77. The highest BCUT2D eigenvalue weighted by Crippen LogP contribution is 2.66. The Morgan fingerprint density at radius 3 is 2.72 bits per heavy atom. The lowest BCUT2D eigenvalue weighted by Gasteiger charge is -2.58. The van der Waals surface area contributed by atoms with Gasteiger partial charge in [-0.05, 0) is 57.5 Å². The number of aliphatic imine (C=N–C) groups is 1. The third-order valence-corrected chi connectivity index (χ3v) is 9.83. The number of amides is 1. The van der Waals surface area contributed by atoms with Crippen LogP contribution in [0.4, 0.5) is 5.69 Å². The maximum absolute atomic E-state index is 12.8. The van der Waals surface area contributed by atoms with Crippen LogP contribution < -0.4 is 15.8 Å². The molecule has 0 saturated carbocycles. The molecule has 0 aliphatic carbocycles. The van der Waals surface area contributed by atoms with E-state index >= 15 is 0 Å². The van der Waals surface area contributed by atoms with Crippen molar-refractivity contribution in [2.24, 2.45) is 10.7 Å². The number of amidine groups is 1. The first-order valence-electron chi connectivity index (χ1n) is 10.2. The molecule has 0 saturated heterocycles. The highest BCUT2D eigenvalue weighted by molar-refractivity contribution is 8.26. The second-order valence-corrected chi connectivity index (χ2v) is 12.1. The standard InChI is InChI=1S/C22H27ClN4O4S/c1-12-9-13(23)11-25-18(12)19(28)26-14-5-6-16-15(10-14)22(4)17(7-8-31-16)32(29,30)21(2,3)20(24)27-22/h5-6,9-11,17,29-30H,7-8H2,1-4H3,(H2,24,27)(H,26,28)/t17-,22-/m1/s1. The summed E-state index contributed by atoms with van der Waals surface area (Å²) in [7, 11) is -3.17. The van der Waals surface area contributed by atoms with E-state index in [1.165, 1.54) is 6.20 Å². The van der Waals surface area contributed by atoms with Crippen LogP contribution in [0.1, 0.15) is 48.8 Å². The second kappa shape index (κ2) is 7.62. The molecular weight excluding hydrogens is 452 g/mol. The zero-order chi connectivity index (χ0) is 23.5. The Kier molecular flexibility index (Phi) is 5.44. The van der Waals surface area contributed by atoms with Crippen molar-refractivity contribution < 1.29 is 18.6 Å². The fourth-order valence-corrected chi connectivity index (χ4v) is 6.86. The molecule has 3 heterocycles. The van der Waals surface area contributed by atoms with Gasteiger partial charge in [0.15, 0.2) is 0 Å². The number of nitrogens with one attached hydrogen (secondary N) is 1. The largest absolute Gasteiger partial charge is 0.493 e. The molecule has 1 aromatic heterocycles. The van der Waals surface area contributed by atoms with Crippen molar-refractivity contribution in [3.05, 3.63) is 52.3 Å². The molecule has 0 fully saturated rings. The number of carbonyl (C=O) groups excluding carboxylic acids is 1. The number of halogens is 1. The van der Waals surface area contributed by atoms with Crippen LogP contribution in [0.3, 0.4) is 0 Å². The fourth-order valence-electron chi connectivity index (χ4n) is 4.34. The summed E-state index contributed by atoms with van der Waals surface area (Å²) in [4.78, 5) is 21.7. The molecule has 2 aromatic rings. The van der Waals surface area contributed by atoms with Gasteiger partial charge in [0.25, 0.3) is 5.91 Å². The Hall–Kier alpha value is -2.33. The summed E-state index contributed by atoms with van der Waals surface area (Å²) in [6.07, 6.45) is 1.83. The molecule has 0 radical (unpaired) electrons. The van der Waals surface area contributed by atoms with Crippen LogP contribution in [-0.2, 0) is 5.54 Å². The van der Waals surface area contributed by atoms with Crippen LogP contribution in [0, 0.1) is 6.92 Å². The van der Waals surface area contributed by atoms with E-state index in [4.69, 9.17) is 27.1 Å². The van der Waals surface area contributed by atoms with Crippen LogP contribution in [-0.4, -0.2) is 42.4 Å². The number of aryl methyl sites for hydroxylation is 1. The first-order chi connectivity index (χ1) is 14.9. The van der Waals surface area contributed by atoms with Crippen molar-refractivity contribution >= 4 is 39.6 Å². The third kappa shape index (κ3) is 3.44. The monoisotopic (exact) mass is 478 g/mol. The average molecular weight is 479 g/mol. The number of pyridine rings is 1. The van der Waals surface area contributed by atoms with E-state index in [9.17, 15) is 13.9 Å². The van der Waals surface area contributed by atoms with Gasteiger partial charge in [-0.25, -0.2) is 4.98 Å². The van der Waals surface area contributed by atoms with Crippen molar-refractivity contribution in [1.29, 1.82) is 0 Å². The molecule has 1 aromatic carbocycles. The van der Waals surface area contributed by atoms with E-state index in [0.717, 1.165) is 0 Å². The minimum atomic E-state index is -3.17. The molecule has 32 heavy (non-hydrogen) atoms. The van der Waals surface area contributed by atoms with E-state index in [1.54, 1.807) is 45.0 Å². The maximum atomic E-state index is 12.8. The van der Waals surface area contributed by atoms with Crippen LogP contribution in [0.15, 0.2) is 35.5 Å². The summed E-state index contributed by atoms with van der Waals surface area (Å²) in [6, 6.07) is 6.90. The second-order valence-electron chi connectivity index (χ2n) is 8.86. The number of ether oxygens (including phenoxy) is 1. The molecule has 8 nitrogen and oxygen atoms in total. The van der Waals surface area contributed by atoms with Gasteiger partial charge in [-0.2, -0.15) is 10.6 Å².